The summed E-state index contributed by atoms with van der Waals surface area (Å²) in [7, 11) is -3.39. The zero-order valence-corrected chi connectivity index (χ0v) is 20.9. The molecule has 1 fully saturated rings. The van der Waals surface area contributed by atoms with E-state index in [2.05, 4.69) is 9.62 Å². The fraction of sp³-hybridized carbons (Fsp3) is 0.417. The van der Waals surface area contributed by atoms with Gasteiger partial charge in [0.15, 0.2) is 23.2 Å². The number of halogens is 3. The fourth-order valence-electron chi connectivity index (χ4n) is 4.16. The van der Waals surface area contributed by atoms with Crippen molar-refractivity contribution in [3.8, 4) is 0 Å². The number of Topliss-reactive ketones (excluding diaryl/α,β-unsaturated/α-hetero) is 2. The van der Waals surface area contributed by atoms with Gasteiger partial charge in [0.25, 0.3) is 0 Å². The molecule has 0 aromatic heterocycles. The zero-order valence-electron chi connectivity index (χ0n) is 19.3. The van der Waals surface area contributed by atoms with Crippen molar-refractivity contribution >= 4 is 39.7 Å². The summed E-state index contributed by atoms with van der Waals surface area (Å²) in [5.74, 6) is -2.52. The van der Waals surface area contributed by atoms with Gasteiger partial charge in [-0.2, -0.15) is 0 Å². The van der Waals surface area contributed by atoms with E-state index < -0.39 is 27.1 Å². The number of hydrogen-bond donors (Lipinski definition) is 1. The third kappa shape index (κ3) is 7.07. The summed E-state index contributed by atoms with van der Waals surface area (Å²) in [6.45, 7) is 5.45. The maximum absolute atomic E-state index is 13.5. The minimum absolute atomic E-state index is 0. The first-order valence-electron chi connectivity index (χ1n) is 10.7. The highest BCUT2D eigenvalue weighted by molar-refractivity contribution is 7.92. The number of anilines is 1. The van der Waals surface area contributed by atoms with Gasteiger partial charge in [-0.25, -0.2) is 17.2 Å². The molecule has 0 saturated carbocycles. The van der Waals surface area contributed by atoms with Crippen LogP contribution in [-0.2, 0) is 10.0 Å². The second-order valence-electron chi connectivity index (χ2n) is 9.21. The second-order valence-corrected chi connectivity index (χ2v) is 11.0. The van der Waals surface area contributed by atoms with Gasteiger partial charge in [-0.1, -0.05) is 13.8 Å². The van der Waals surface area contributed by atoms with Gasteiger partial charge in [0, 0.05) is 34.7 Å². The minimum atomic E-state index is -3.39. The number of piperidine rings is 1. The van der Waals surface area contributed by atoms with E-state index in [9.17, 15) is 26.8 Å². The maximum Gasteiger partial charge on any atom is 0.229 e. The molecule has 10 heteroatoms. The lowest BCUT2D eigenvalue weighted by Crippen LogP contribution is -2.44. The summed E-state index contributed by atoms with van der Waals surface area (Å²) < 4.78 is 51.6. The zero-order chi connectivity index (χ0) is 24.4. The molecule has 2 aromatic rings. The topological polar surface area (TPSA) is 83.6 Å². The first-order valence-corrected chi connectivity index (χ1v) is 12.6. The Bertz CT molecular complexity index is 1150. The summed E-state index contributed by atoms with van der Waals surface area (Å²) in [5.41, 5.74) is 0.363. The molecule has 1 saturated heterocycles. The molecule has 0 bridgehead atoms. The van der Waals surface area contributed by atoms with Crippen LogP contribution in [0.4, 0.5) is 14.5 Å². The van der Waals surface area contributed by atoms with Crippen molar-refractivity contribution in [2.75, 3.05) is 30.6 Å². The number of carbonyl (C=O) groups is 2. The Kier molecular flexibility index (Phi) is 8.96. The summed E-state index contributed by atoms with van der Waals surface area (Å²) in [4.78, 5) is 27.9. The van der Waals surface area contributed by atoms with Crippen LogP contribution in [0.5, 0.6) is 0 Å². The average molecular weight is 515 g/mol. The van der Waals surface area contributed by atoms with Crippen molar-refractivity contribution < 1.29 is 26.8 Å². The van der Waals surface area contributed by atoms with Crippen LogP contribution in [0.3, 0.4) is 0 Å². The van der Waals surface area contributed by atoms with Gasteiger partial charge in [-0.05, 0) is 68.4 Å². The Morgan fingerprint density at radius 1 is 1.00 bits per heavy atom. The smallest absolute Gasteiger partial charge is 0.229 e. The molecule has 6 nitrogen and oxygen atoms in total. The average Bonchev–Trinajstić information content (AvgIpc) is 2.74. The molecular weight excluding hydrogens is 486 g/mol. The Morgan fingerprint density at radius 3 is 2.09 bits per heavy atom. The number of nitrogens with one attached hydrogen (secondary N) is 1. The Labute approximate surface area is 205 Å². The molecule has 1 N–H and O–H groups in total. The van der Waals surface area contributed by atoms with E-state index in [0.717, 1.165) is 18.4 Å². The van der Waals surface area contributed by atoms with Gasteiger partial charge in [-0.3, -0.25) is 14.3 Å². The highest BCUT2D eigenvalue weighted by Crippen LogP contribution is 2.28. The number of sulfonamides is 1. The molecule has 1 aliphatic rings. The van der Waals surface area contributed by atoms with E-state index in [-0.39, 0.29) is 35.5 Å². The lowest BCUT2D eigenvalue weighted by molar-refractivity contribution is 0.0677. The monoisotopic (exact) mass is 514 g/mol. The Morgan fingerprint density at radius 2 is 1.56 bits per heavy atom. The number of hydrogen-bond acceptors (Lipinski definition) is 5. The van der Waals surface area contributed by atoms with Gasteiger partial charge in [0.2, 0.25) is 10.0 Å². The SMILES string of the molecule is CC(C)(CN1CCC(C(=O)c2ccc(F)c(F)c2)CC1)C(=O)c1ccc(NS(C)(=O)=O)cc1.Cl. The predicted molar refractivity (Wildman–Crippen MR) is 130 cm³/mol. The lowest BCUT2D eigenvalue weighted by atomic mass is 9.82. The normalized spacial score (nSPS) is 15.4. The van der Waals surface area contributed by atoms with Crippen LogP contribution < -0.4 is 4.72 Å². The number of likely N-dealkylation sites (tertiary alicyclic amines) is 1. The number of rotatable bonds is 8. The van der Waals surface area contributed by atoms with Crippen LogP contribution in [0.2, 0.25) is 0 Å². The molecule has 0 spiro atoms. The molecule has 2 aromatic carbocycles. The molecule has 186 valence electrons. The van der Waals surface area contributed by atoms with E-state index in [1.54, 1.807) is 24.3 Å². The van der Waals surface area contributed by atoms with E-state index in [4.69, 9.17) is 0 Å². The molecule has 1 aliphatic heterocycles. The van der Waals surface area contributed by atoms with Gasteiger partial charge in [-0.15, -0.1) is 12.4 Å². The Hall–Kier alpha value is -2.36. The quantitative estimate of drug-likeness (QED) is 0.522. The van der Waals surface area contributed by atoms with Crippen molar-refractivity contribution in [3.05, 3.63) is 65.2 Å². The van der Waals surface area contributed by atoms with Crippen LogP contribution in [0, 0.1) is 23.0 Å². The summed E-state index contributed by atoms with van der Waals surface area (Å²) in [6, 6.07) is 9.54. The predicted octanol–water partition coefficient (Wildman–Crippen LogP) is 4.56. The minimum Gasteiger partial charge on any atom is -0.302 e. The number of nitrogens with zero attached hydrogens (tertiary/aromatic N) is 1. The number of ketones is 2. The van der Waals surface area contributed by atoms with Crippen LogP contribution in [0.1, 0.15) is 47.4 Å². The van der Waals surface area contributed by atoms with E-state index in [1.807, 2.05) is 13.8 Å². The summed E-state index contributed by atoms with van der Waals surface area (Å²) in [6.07, 6.45) is 2.21. The van der Waals surface area contributed by atoms with Crippen molar-refractivity contribution in [3.63, 3.8) is 0 Å². The van der Waals surface area contributed by atoms with E-state index in [0.29, 0.717) is 43.7 Å². The van der Waals surface area contributed by atoms with Crippen LogP contribution in [-0.4, -0.2) is 50.8 Å². The van der Waals surface area contributed by atoms with Crippen molar-refractivity contribution in [2.24, 2.45) is 11.3 Å². The second kappa shape index (κ2) is 10.9. The maximum atomic E-state index is 13.5. The molecule has 0 unspecified atom stereocenters. The third-order valence-corrected chi connectivity index (χ3v) is 6.45. The summed E-state index contributed by atoms with van der Waals surface area (Å²) >= 11 is 0. The van der Waals surface area contributed by atoms with Crippen molar-refractivity contribution in [2.45, 2.75) is 26.7 Å². The van der Waals surface area contributed by atoms with Crippen molar-refractivity contribution in [1.82, 2.24) is 4.90 Å². The first-order chi connectivity index (χ1) is 15.4. The highest BCUT2D eigenvalue weighted by Gasteiger charge is 2.34. The van der Waals surface area contributed by atoms with Gasteiger partial charge >= 0.3 is 0 Å². The van der Waals surface area contributed by atoms with Crippen molar-refractivity contribution in [1.29, 1.82) is 0 Å². The molecular formula is C24H29ClF2N2O4S. The largest absolute Gasteiger partial charge is 0.302 e. The van der Waals surface area contributed by atoms with Gasteiger partial charge < -0.3 is 4.90 Å². The number of carbonyl (C=O) groups excluding carboxylic acids is 2. The van der Waals surface area contributed by atoms with Gasteiger partial charge in [0.1, 0.15) is 0 Å². The number of benzene rings is 2. The molecule has 34 heavy (non-hydrogen) atoms. The third-order valence-electron chi connectivity index (χ3n) is 5.85. The Balaban J connectivity index is 0.00000408. The standard InChI is InChI=1S/C24H28F2N2O4S.ClH/c1-24(2,23(30)17-4-7-19(8-5-17)27-33(3,31)32)15-28-12-10-16(11-13-28)22(29)18-6-9-20(25)21(26)14-18;/h4-9,14,16,27H,10-13,15H2,1-3H3;1H. The molecule has 3 rings (SSSR count). The van der Waals surface area contributed by atoms with Crippen LogP contribution >= 0.6 is 12.4 Å². The van der Waals surface area contributed by atoms with Crippen LogP contribution in [0.15, 0.2) is 42.5 Å². The molecule has 0 amide bonds. The molecule has 1 heterocycles. The van der Waals surface area contributed by atoms with Gasteiger partial charge in [0.05, 0.1) is 6.26 Å². The molecule has 0 radical (unpaired) electrons. The van der Waals surface area contributed by atoms with Crippen LogP contribution in [0.25, 0.3) is 0 Å². The van der Waals surface area contributed by atoms with E-state index in [1.165, 1.54) is 6.07 Å². The fourth-order valence-corrected chi connectivity index (χ4v) is 4.73. The van der Waals surface area contributed by atoms with E-state index >= 15 is 0 Å². The first kappa shape index (κ1) is 27.9. The highest BCUT2D eigenvalue weighted by atomic mass is 35.5. The molecule has 0 aliphatic carbocycles. The summed E-state index contributed by atoms with van der Waals surface area (Å²) in [5, 5.41) is 0. The lowest BCUT2D eigenvalue weighted by Gasteiger charge is -2.36. The molecule has 0 atom stereocenters.